The van der Waals surface area contributed by atoms with Crippen molar-refractivity contribution in [2.75, 3.05) is 98.2 Å². The topological polar surface area (TPSA) is 117 Å². The maximum Gasteiger partial charge on any atom is 0.308 e. The Hall–Kier alpha value is -1.95. The highest BCUT2D eigenvalue weighted by molar-refractivity contribution is 5.69. The van der Waals surface area contributed by atoms with Gasteiger partial charge in [-0.1, -0.05) is 12.1 Å². The maximum absolute atomic E-state index is 11.1. The average molecular weight is 474 g/mol. The Morgan fingerprint density at radius 2 is 1.09 bits per heavy atom. The summed E-state index contributed by atoms with van der Waals surface area (Å²) in [6.45, 7) is 8.25. The minimum absolute atomic E-state index is 0.248. The van der Waals surface area contributed by atoms with Crippen molar-refractivity contribution in [3.05, 3.63) is 24.3 Å². The SMILES string of the molecule is CCOC(=O)CCOCCOCCOCCOCCOCCOCCOc1ccccc1N. The predicted molar refractivity (Wildman–Crippen MR) is 123 cm³/mol. The number of esters is 1. The van der Waals surface area contributed by atoms with E-state index < -0.39 is 0 Å². The summed E-state index contributed by atoms with van der Waals surface area (Å²) in [6.07, 6.45) is 0.261. The van der Waals surface area contributed by atoms with Crippen molar-refractivity contribution in [3.8, 4) is 5.75 Å². The van der Waals surface area contributed by atoms with E-state index in [9.17, 15) is 4.79 Å². The van der Waals surface area contributed by atoms with Crippen molar-refractivity contribution in [2.24, 2.45) is 0 Å². The molecule has 0 spiro atoms. The Kier molecular flexibility index (Phi) is 19.3. The number of benzene rings is 1. The van der Waals surface area contributed by atoms with E-state index in [0.717, 1.165) is 0 Å². The Morgan fingerprint density at radius 1 is 0.667 bits per heavy atom. The Morgan fingerprint density at radius 3 is 1.55 bits per heavy atom. The lowest BCUT2D eigenvalue weighted by Gasteiger charge is -2.09. The molecule has 1 aromatic rings. The molecule has 10 heteroatoms. The van der Waals surface area contributed by atoms with Crippen molar-refractivity contribution >= 4 is 11.7 Å². The summed E-state index contributed by atoms with van der Waals surface area (Å²) in [5, 5.41) is 0. The predicted octanol–water partition coefficient (Wildman–Crippen LogP) is 1.70. The number of ether oxygens (including phenoxy) is 8. The van der Waals surface area contributed by atoms with Crippen LogP contribution in [0.5, 0.6) is 5.75 Å². The summed E-state index contributed by atoms with van der Waals surface area (Å²) >= 11 is 0. The van der Waals surface area contributed by atoms with Gasteiger partial charge < -0.3 is 43.6 Å². The first-order valence-electron chi connectivity index (χ1n) is 11.3. The van der Waals surface area contributed by atoms with Gasteiger partial charge in [-0.3, -0.25) is 4.79 Å². The molecule has 0 saturated heterocycles. The van der Waals surface area contributed by atoms with Gasteiger partial charge in [0.1, 0.15) is 12.4 Å². The van der Waals surface area contributed by atoms with Crippen LogP contribution in [0.2, 0.25) is 0 Å². The Labute approximate surface area is 196 Å². The van der Waals surface area contributed by atoms with Gasteiger partial charge in [-0.15, -0.1) is 0 Å². The average Bonchev–Trinajstić information content (AvgIpc) is 2.81. The summed E-state index contributed by atoms with van der Waals surface area (Å²) in [5.41, 5.74) is 6.41. The first-order chi connectivity index (χ1) is 16.2. The molecule has 10 nitrogen and oxygen atoms in total. The maximum atomic E-state index is 11.1. The fourth-order valence-corrected chi connectivity index (χ4v) is 2.41. The summed E-state index contributed by atoms with van der Waals surface area (Å²) < 4.78 is 42.7. The molecular formula is C23H39NO9. The number of carbonyl (C=O) groups is 1. The second-order valence-corrected chi connectivity index (χ2v) is 6.62. The van der Waals surface area contributed by atoms with E-state index in [2.05, 4.69) is 0 Å². The minimum atomic E-state index is -0.248. The smallest absolute Gasteiger partial charge is 0.308 e. The molecule has 0 unspecified atom stereocenters. The number of hydrogen-bond acceptors (Lipinski definition) is 10. The van der Waals surface area contributed by atoms with Crippen LogP contribution in [0.15, 0.2) is 24.3 Å². The van der Waals surface area contributed by atoms with Gasteiger partial charge in [0, 0.05) is 0 Å². The fraction of sp³-hybridized carbons (Fsp3) is 0.696. The van der Waals surface area contributed by atoms with Gasteiger partial charge in [-0.2, -0.15) is 0 Å². The van der Waals surface area contributed by atoms with Gasteiger partial charge >= 0.3 is 5.97 Å². The van der Waals surface area contributed by atoms with Crippen LogP contribution < -0.4 is 10.5 Å². The lowest BCUT2D eigenvalue weighted by molar-refractivity contribution is -0.144. The normalized spacial score (nSPS) is 10.9. The van der Waals surface area contributed by atoms with Gasteiger partial charge in [-0.25, -0.2) is 0 Å². The largest absolute Gasteiger partial charge is 0.489 e. The number of nitrogen functional groups attached to an aromatic ring is 1. The summed E-state index contributed by atoms with van der Waals surface area (Å²) in [7, 11) is 0. The second kappa shape index (κ2) is 21.9. The Bertz CT molecular complexity index is 589. The molecule has 0 heterocycles. The third-order valence-electron chi connectivity index (χ3n) is 4.02. The summed E-state index contributed by atoms with van der Waals surface area (Å²) in [5.74, 6) is 0.418. The van der Waals surface area contributed by atoms with Crippen LogP contribution in [-0.4, -0.2) is 98.5 Å². The van der Waals surface area contributed by atoms with E-state index in [1.807, 2.05) is 18.2 Å². The van der Waals surface area contributed by atoms with Crippen molar-refractivity contribution in [3.63, 3.8) is 0 Å². The molecule has 0 fully saturated rings. The molecule has 0 atom stereocenters. The van der Waals surface area contributed by atoms with Crippen LogP contribution in [0.1, 0.15) is 13.3 Å². The minimum Gasteiger partial charge on any atom is -0.489 e. The van der Waals surface area contributed by atoms with E-state index in [1.54, 1.807) is 13.0 Å². The fourth-order valence-electron chi connectivity index (χ4n) is 2.41. The molecule has 0 aliphatic rings. The third-order valence-corrected chi connectivity index (χ3v) is 4.02. The van der Waals surface area contributed by atoms with Crippen LogP contribution >= 0.6 is 0 Å². The number of hydrogen-bond donors (Lipinski definition) is 1. The number of carbonyl (C=O) groups excluding carboxylic acids is 1. The molecule has 33 heavy (non-hydrogen) atoms. The molecular weight excluding hydrogens is 434 g/mol. The molecule has 0 radical (unpaired) electrons. The van der Waals surface area contributed by atoms with Gasteiger partial charge in [0.15, 0.2) is 0 Å². The van der Waals surface area contributed by atoms with Gasteiger partial charge in [0.25, 0.3) is 0 Å². The lowest BCUT2D eigenvalue weighted by Crippen LogP contribution is -2.15. The van der Waals surface area contributed by atoms with Gasteiger partial charge in [0.2, 0.25) is 0 Å². The van der Waals surface area contributed by atoms with Gasteiger partial charge in [-0.05, 0) is 19.1 Å². The lowest BCUT2D eigenvalue weighted by atomic mass is 10.3. The van der Waals surface area contributed by atoms with E-state index in [0.29, 0.717) is 104 Å². The molecule has 0 amide bonds. The molecule has 1 rings (SSSR count). The quantitative estimate of drug-likeness (QED) is 0.143. The molecule has 0 aromatic heterocycles. The first-order valence-corrected chi connectivity index (χ1v) is 11.3. The van der Waals surface area contributed by atoms with Crippen molar-refractivity contribution in [1.82, 2.24) is 0 Å². The highest BCUT2D eigenvalue weighted by Crippen LogP contribution is 2.19. The van der Waals surface area contributed by atoms with Crippen LogP contribution in [0, 0.1) is 0 Å². The molecule has 0 aliphatic carbocycles. The van der Waals surface area contributed by atoms with Crippen LogP contribution in [0.3, 0.4) is 0 Å². The first kappa shape index (κ1) is 29.1. The van der Waals surface area contributed by atoms with Crippen molar-refractivity contribution < 1.29 is 42.7 Å². The molecule has 190 valence electrons. The zero-order valence-electron chi connectivity index (χ0n) is 19.7. The van der Waals surface area contributed by atoms with Crippen molar-refractivity contribution in [1.29, 1.82) is 0 Å². The summed E-state index contributed by atoms with van der Waals surface area (Å²) in [4.78, 5) is 11.1. The van der Waals surface area contributed by atoms with Gasteiger partial charge in [0.05, 0.1) is 98.0 Å². The third kappa shape index (κ3) is 18.2. The van der Waals surface area contributed by atoms with Crippen LogP contribution in [-0.2, 0) is 38.0 Å². The molecule has 0 aliphatic heterocycles. The highest BCUT2D eigenvalue weighted by atomic mass is 16.6. The van der Waals surface area contributed by atoms with E-state index in [4.69, 9.17) is 43.6 Å². The molecule has 1 aromatic carbocycles. The van der Waals surface area contributed by atoms with Crippen LogP contribution in [0.4, 0.5) is 5.69 Å². The molecule has 2 N–H and O–H groups in total. The van der Waals surface area contributed by atoms with E-state index in [1.165, 1.54) is 0 Å². The monoisotopic (exact) mass is 473 g/mol. The second-order valence-electron chi connectivity index (χ2n) is 6.62. The molecule has 0 bridgehead atoms. The number of anilines is 1. The van der Waals surface area contributed by atoms with E-state index in [-0.39, 0.29) is 12.4 Å². The van der Waals surface area contributed by atoms with Crippen LogP contribution in [0.25, 0.3) is 0 Å². The number of nitrogens with two attached hydrogens (primary N) is 1. The van der Waals surface area contributed by atoms with E-state index >= 15 is 0 Å². The highest BCUT2D eigenvalue weighted by Gasteiger charge is 2.01. The molecule has 0 saturated carbocycles. The zero-order valence-corrected chi connectivity index (χ0v) is 19.7. The zero-order chi connectivity index (χ0) is 23.8. The Balaban J connectivity index is 1.70. The summed E-state index contributed by atoms with van der Waals surface area (Å²) in [6, 6.07) is 7.36. The number of para-hydroxylation sites is 2. The van der Waals surface area contributed by atoms with Crippen molar-refractivity contribution in [2.45, 2.75) is 13.3 Å². The standard InChI is InChI=1S/C23H39NO9/c1-2-32-23(25)7-8-26-9-10-27-11-12-28-13-14-29-15-16-30-17-18-31-19-20-33-22-6-4-3-5-21(22)24/h3-6H,2,7-20,24H2,1H3. The number of rotatable bonds is 23.